The predicted molar refractivity (Wildman–Crippen MR) is 185 cm³/mol. The van der Waals surface area contributed by atoms with E-state index in [1.54, 1.807) is 9.80 Å². The van der Waals surface area contributed by atoms with E-state index in [-0.39, 0.29) is 11.8 Å². The van der Waals surface area contributed by atoms with Gasteiger partial charge in [0.15, 0.2) is 0 Å². The van der Waals surface area contributed by atoms with Gasteiger partial charge in [-0.25, -0.2) is 0 Å². The van der Waals surface area contributed by atoms with Crippen LogP contribution in [-0.2, 0) is 13.1 Å². The van der Waals surface area contributed by atoms with E-state index in [9.17, 15) is 9.59 Å². The molecule has 0 aliphatic heterocycles. The highest BCUT2D eigenvalue weighted by molar-refractivity contribution is 5.94. The van der Waals surface area contributed by atoms with Gasteiger partial charge in [0.2, 0.25) is 0 Å². The number of benzene rings is 4. The van der Waals surface area contributed by atoms with Gasteiger partial charge in [0.25, 0.3) is 11.8 Å². The summed E-state index contributed by atoms with van der Waals surface area (Å²) in [6.45, 7) is 2.44. The van der Waals surface area contributed by atoms with Gasteiger partial charge >= 0.3 is 0 Å². The van der Waals surface area contributed by atoms with E-state index in [0.717, 1.165) is 34.6 Å². The monoisotopic (exact) mass is 614 g/mol. The zero-order chi connectivity index (χ0) is 32.0. The second kappa shape index (κ2) is 14.4. The van der Waals surface area contributed by atoms with Crippen molar-refractivity contribution in [2.75, 3.05) is 20.6 Å². The van der Waals surface area contributed by atoms with E-state index in [2.05, 4.69) is 29.6 Å². The molecule has 4 unspecified atom stereocenters. The minimum Gasteiger partial charge on any atom is -0.337 e. The summed E-state index contributed by atoms with van der Waals surface area (Å²) in [7, 11) is 3.70. The van der Waals surface area contributed by atoms with Crippen LogP contribution in [0.25, 0.3) is 0 Å². The maximum Gasteiger partial charge on any atom is 0.253 e. The Morgan fingerprint density at radius 1 is 0.652 bits per heavy atom. The third kappa shape index (κ3) is 8.51. The van der Waals surface area contributed by atoms with Crippen LogP contribution in [0.1, 0.15) is 80.5 Å². The van der Waals surface area contributed by atoms with E-state index in [0.29, 0.717) is 37.0 Å². The fourth-order valence-electron chi connectivity index (χ4n) is 6.07. The van der Waals surface area contributed by atoms with Gasteiger partial charge in [0.1, 0.15) is 0 Å². The Kier molecular flexibility index (Phi) is 9.96. The first-order chi connectivity index (χ1) is 22.4. The fraction of sp³-hybridized carbons (Fsp3) is 0.350. The van der Waals surface area contributed by atoms with Gasteiger partial charge in [-0.3, -0.25) is 9.59 Å². The topological polar surface area (TPSA) is 78.7 Å². The van der Waals surface area contributed by atoms with Gasteiger partial charge in [0, 0.05) is 62.2 Å². The lowest BCUT2D eigenvalue weighted by Crippen LogP contribution is -2.26. The molecule has 0 radical (unpaired) electrons. The average Bonchev–Trinajstić information content (AvgIpc) is 3.98. The molecule has 0 aromatic heterocycles. The second-order valence-corrected chi connectivity index (χ2v) is 13.3. The number of rotatable bonds is 11. The standard InChI is InChI=1S/C22H26N2O.C18H20N2O/c1-24(15-17-5-3-2-4-6-17)22(25)19-11-9-18(10-12-19)20-13-21(20)23-14-16-7-8-16;1-20(12-13-5-3-2-4-6-13)18(21)15-9-7-14(8-10-15)16-11-17(16)19/h2-6,9-12,16,20-21,23H,7-8,13-15H2,1H3;2-10,16-17H,11-12,19H2,1H3. The molecule has 3 aliphatic rings. The molecule has 0 saturated heterocycles. The molecule has 3 fully saturated rings. The molecule has 3 aliphatic carbocycles. The largest absolute Gasteiger partial charge is 0.337 e. The van der Waals surface area contributed by atoms with Crippen LogP contribution in [0.5, 0.6) is 0 Å². The summed E-state index contributed by atoms with van der Waals surface area (Å²) in [5.41, 5.74) is 12.2. The van der Waals surface area contributed by atoms with Crippen molar-refractivity contribution in [3.63, 3.8) is 0 Å². The van der Waals surface area contributed by atoms with E-state index in [1.165, 1.54) is 36.9 Å². The highest BCUT2D eigenvalue weighted by atomic mass is 16.2. The predicted octanol–water partition coefficient (Wildman–Crippen LogP) is 6.59. The zero-order valence-corrected chi connectivity index (χ0v) is 27.0. The minimum atomic E-state index is 0.0468. The first-order valence-electron chi connectivity index (χ1n) is 16.6. The lowest BCUT2D eigenvalue weighted by Gasteiger charge is -2.17. The van der Waals surface area contributed by atoms with Crippen LogP contribution < -0.4 is 11.1 Å². The Hall–Kier alpha value is -4.26. The summed E-state index contributed by atoms with van der Waals surface area (Å²) in [6.07, 6.45) is 5.09. The first kappa shape index (κ1) is 31.7. The van der Waals surface area contributed by atoms with Crippen LogP contribution >= 0.6 is 0 Å². The summed E-state index contributed by atoms with van der Waals surface area (Å²) in [6, 6.07) is 37.2. The van der Waals surface area contributed by atoms with Gasteiger partial charge in [-0.15, -0.1) is 0 Å². The summed E-state index contributed by atoms with van der Waals surface area (Å²) < 4.78 is 0. The van der Waals surface area contributed by atoms with Crippen molar-refractivity contribution in [3.8, 4) is 0 Å². The molecule has 0 bridgehead atoms. The van der Waals surface area contributed by atoms with Crippen LogP contribution in [-0.4, -0.2) is 54.3 Å². The van der Waals surface area contributed by atoms with Crippen LogP contribution in [0.3, 0.4) is 0 Å². The molecule has 2 amide bonds. The number of hydrogen-bond donors (Lipinski definition) is 2. The van der Waals surface area contributed by atoms with Gasteiger partial charge in [0.05, 0.1) is 0 Å². The molecule has 4 aromatic carbocycles. The Bertz CT molecular complexity index is 1590. The Morgan fingerprint density at radius 3 is 1.50 bits per heavy atom. The third-order valence-electron chi connectivity index (χ3n) is 9.39. The molecular formula is C40H46N4O2. The highest BCUT2D eigenvalue weighted by Crippen LogP contribution is 2.42. The molecule has 6 nitrogen and oxygen atoms in total. The maximum atomic E-state index is 12.6. The maximum absolute atomic E-state index is 12.6. The van der Waals surface area contributed by atoms with Crippen molar-refractivity contribution in [3.05, 3.63) is 143 Å². The molecule has 3 N–H and O–H groups in total. The highest BCUT2D eigenvalue weighted by Gasteiger charge is 2.39. The van der Waals surface area contributed by atoms with Crippen molar-refractivity contribution < 1.29 is 9.59 Å². The lowest BCUT2D eigenvalue weighted by atomic mass is 10.1. The van der Waals surface area contributed by atoms with Gasteiger partial charge in [-0.05, 0) is 84.7 Å². The van der Waals surface area contributed by atoms with E-state index < -0.39 is 0 Å². The quantitative estimate of drug-likeness (QED) is 0.200. The molecule has 3 saturated carbocycles. The number of hydrogen-bond acceptors (Lipinski definition) is 4. The van der Waals surface area contributed by atoms with E-state index >= 15 is 0 Å². The van der Waals surface area contributed by atoms with Gasteiger partial charge in [-0.2, -0.15) is 0 Å². The first-order valence-corrected chi connectivity index (χ1v) is 16.6. The van der Waals surface area contributed by atoms with Crippen molar-refractivity contribution in [2.24, 2.45) is 11.7 Å². The van der Waals surface area contributed by atoms with Crippen molar-refractivity contribution >= 4 is 11.8 Å². The lowest BCUT2D eigenvalue weighted by molar-refractivity contribution is 0.0778. The molecule has 0 spiro atoms. The Labute approximate surface area is 273 Å². The Balaban J connectivity index is 0.000000164. The third-order valence-corrected chi connectivity index (χ3v) is 9.39. The van der Waals surface area contributed by atoms with Crippen LogP contribution in [0.4, 0.5) is 0 Å². The SMILES string of the molecule is CN(Cc1ccccc1)C(=O)c1ccc(C2CC2N)cc1.CN(Cc1ccccc1)C(=O)c1ccc(C2CC2NCC2CC2)cc1. The number of nitrogens with two attached hydrogens (primary N) is 1. The van der Waals surface area contributed by atoms with Crippen molar-refractivity contribution in [1.29, 1.82) is 0 Å². The fourth-order valence-corrected chi connectivity index (χ4v) is 6.07. The molecule has 238 valence electrons. The molecule has 7 rings (SSSR count). The molecule has 0 heterocycles. The van der Waals surface area contributed by atoms with E-state index in [1.807, 2.05) is 99.0 Å². The average molecular weight is 615 g/mol. The molecule has 6 heteroatoms. The van der Waals surface area contributed by atoms with Crippen molar-refractivity contribution in [2.45, 2.75) is 62.7 Å². The van der Waals surface area contributed by atoms with Crippen LogP contribution in [0, 0.1) is 5.92 Å². The summed E-state index contributed by atoms with van der Waals surface area (Å²) >= 11 is 0. The second-order valence-electron chi connectivity index (χ2n) is 13.3. The number of amides is 2. The summed E-state index contributed by atoms with van der Waals surface area (Å²) in [5.74, 6) is 2.17. The zero-order valence-electron chi connectivity index (χ0n) is 27.0. The molecule has 4 atom stereocenters. The normalized spacial score (nSPS) is 21.0. The minimum absolute atomic E-state index is 0.0468. The number of carbonyl (C=O) groups excluding carboxylic acids is 2. The van der Waals surface area contributed by atoms with E-state index in [4.69, 9.17) is 5.73 Å². The molecule has 46 heavy (non-hydrogen) atoms. The van der Waals surface area contributed by atoms with Crippen LogP contribution in [0.2, 0.25) is 0 Å². The number of nitrogens with one attached hydrogen (secondary N) is 1. The van der Waals surface area contributed by atoms with Crippen molar-refractivity contribution in [1.82, 2.24) is 15.1 Å². The van der Waals surface area contributed by atoms with Gasteiger partial charge < -0.3 is 20.9 Å². The molecular weight excluding hydrogens is 568 g/mol. The Morgan fingerprint density at radius 2 is 1.09 bits per heavy atom. The summed E-state index contributed by atoms with van der Waals surface area (Å²) in [4.78, 5) is 28.5. The molecule has 4 aromatic rings. The smallest absolute Gasteiger partial charge is 0.253 e. The number of carbonyl (C=O) groups is 2. The number of nitrogens with zero attached hydrogens (tertiary/aromatic N) is 2. The summed E-state index contributed by atoms with van der Waals surface area (Å²) in [5, 5.41) is 3.67. The van der Waals surface area contributed by atoms with Gasteiger partial charge in [-0.1, -0.05) is 84.9 Å². The van der Waals surface area contributed by atoms with Crippen LogP contribution in [0.15, 0.2) is 109 Å².